The Morgan fingerprint density at radius 2 is 2.12 bits per heavy atom. The minimum atomic E-state index is -0.651. The van der Waals surface area contributed by atoms with Crippen molar-refractivity contribution in [1.29, 1.82) is 0 Å². The summed E-state index contributed by atoms with van der Waals surface area (Å²) in [6.07, 6.45) is 3.26. The second-order valence-electron chi connectivity index (χ2n) is 5.15. The van der Waals surface area contributed by atoms with Crippen molar-refractivity contribution in [3.05, 3.63) is 11.3 Å². The average molecular weight is 238 g/mol. The summed E-state index contributed by atoms with van der Waals surface area (Å²) >= 11 is 0. The van der Waals surface area contributed by atoms with Crippen molar-refractivity contribution in [3.8, 4) is 0 Å². The summed E-state index contributed by atoms with van der Waals surface area (Å²) in [5.41, 5.74) is -0.783. The van der Waals surface area contributed by atoms with Crippen LogP contribution in [-0.4, -0.2) is 22.5 Å². The number of esters is 1. The second kappa shape index (κ2) is 4.17. The molecule has 4 heteroatoms. The van der Waals surface area contributed by atoms with Crippen LogP contribution in [0.2, 0.25) is 0 Å². The van der Waals surface area contributed by atoms with Gasteiger partial charge in [0.25, 0.3) is 0 Å². The van der Waals surface area contributed by atoms with E-state index in [1.54, 1.807) is 0 Å². The average Bonchev–Trinajstić information content (AvgIpc) is 2.98. The summed E-state index contributed by atoms with van der Waals surface area (Å²) in [6.45, 7) is 3.69. The zero-order valence-corrected chi connectivity index (χ0v) is 10.3. The number of rotatable bonds is 3. The number of Topliss-reactive ketones (excluding diaryl/α,β-unsaturated/α-hetero) is 1. The summed E-state index contributed by atoms with van der Waals surface area (Å²) < 4.78 is 5.37. The van der Waals surface area contributed by atoms with E-state index in [0.29, 0.717) is 18.8 Å². The van der Waals surface area contributed by atoms with Gasteiger partial charge in [-0.2, -0.15) is 0 Å². The molecule has 4 nitrogen and oxygen atoms in total. The molecule has 0 aromatic carbocycles. The Morgan fingerprint density at radius 3 is 2.59 bits per heavy atom. The Labute approximate surface area is 101 Å². The SMILES string of the molecule is CCCC(O)=C1C(=O)CC(C)(C2CC2)OC1=O. The molecule has 0 radical (unpaired) electrons. The van der Waals surface area contributed by atoms with Crippen LogP contribution in [-0.2, 0) is 14.3 Å². The van der Waals surface area contributed by atoms with E-state index in [9.17, 15) is 14.7 Å². The van der Waals surface area contributed by atoms with Gasteiger partial charge < -0.3 is 9.84 Å². The van der Waals surface area contributed by atoms with Crippen LogP contribution in [0.1, 0.15) is 46.0 Å². The van der Waals surface area contributed by atoms with Crippen LogP contribution in [0, 0.1) is 5.92 Å². The fraction of sp³-hybridized carbons (Fsp3) is 0.692. The lowest BCUT2D eigenvalue weighted by atomic mass is 9.87. The minimum absolute atomic E-state index is 0.125. The predicted octanol–water partition coefficient (Wildman–Crippen LogP) is 2.28. The first-order valence-electron chi connectivity index (χ1n) is 6.16. The molecule has 0 aromatic heterocycles. The summed E-state index contributed by atoms with van der Waals surface area (Å²) in [6, 6.07) is 0. The Balaban J connectivity index is 2.22. The highest BCUT2D eigenvalue weighted by atomic mass is 16.6. The van der Waals surface area contributed by atoms with Crippen molar-refractivity contribution >= 4 is 11.8 Å². The standard InChI is InChI=1S/C13H18O4/c1-3-4-9(14)11-10(15)7-13(2,8-5-6-8)17-12(11)16/h8,14H,3-7H2,1-2H3. The van der Waals surface area contributed by atoms with Crippen molar-refractivity contribution in [2.24, 2.45) is 5.92 Å². The summed E-state index contributed by atoms with van der Waals surface area (Å²) in [5, 5.41) is 9.70. The van der Waals surface area contributed by atoms with Gasteiger partial charge in [0.1, 0.15) is 16.9 Å². The lowest BCUT2D eigenvalue weighted by Gasteiger charge is -2.33. The Morgan fingerprint density at radius 1 is 1.47 bits per heavy atom. The lowest BCUT2D eigenvalue weighted by molar-refractivity contribution is -0.164. The van der Waals surface area contributed by atoms with Gasteiger partial charge in [0.05, 0.1) is 6.42 Å². The van der Waals surface area contributed by atoms with Crippen LogP contribution in [0.4, 0.5) is 0 Å². The number of ether oxygens (including phenoxy) is 1. The number of ketones is 1. The van der Waals surface area contributed by atoms with Crippen LogP contribution >= 0.6 is 0 Å². The molecule has 1 aliphatic heterocycles. The molecule has 1 heterocycles. The fourth-order valence-electron chi connectivity index (χ4n) is 2.38. The molecule has 1 N–H and O–H groups in total. The smallest absolute Gasteiger partial charge is 0.345 e. The molecule has 0 aromatic rings. The maximum atomic E-state index is 12.0. The van der Waals surface area contributed by atoms with Crippen LogP contribution < -0.4 is 0 Å². The zero-order valence-electron chi connectivity index (χ0n) is 10.3. The number of cyclic esters (lactones) is 1. The van der Waals surface area contributed by atoms with Gasteiger partial charge in [-0.25, -0.2) is 4.79 Å². The summed E-state index contributed by atoms with van der Waals surface area (Å²) in [5.74, 6) is -0.742. The van der Waals surface area contributed by atoms with E-state index in [1.165, 1.54) is 0 Å². The highest BCUT2D eigenvalue weighted by Gasteiger charge is 2.50. The van der Waals surface area contributed by atoms with Crippen LogP contribution in [0.5, 0.6) is 0 Å². The summed E-state index contributed by atoms with van der Waals surface area (Å²) in [7, 11) is 0. The number of aliphatic hydroxyl groups is 1. The molecule has 0 bridgehead atoms. The third-order valence-corrected chi connectivity index (χ3v) is 3.54. The number of aliphatic hydroxyl groups excluding tert-OH is 1. The van der Waals surface area contributed by atoms with E-state index in [0.717, 1.165) is 12.8 Å². The largest absolute Gasteiger partial charge is 0.511 e. The Hall–Kier alpha value is -1.32. The van der Waals surface area contributed by atoms with E-state index in [2.05, 4.69) is 0 Å². The van der Waals surface area contributed by atoms with E-state index in [1.807, 2.05) is 13.8 Å². The second-order valence-corrected chi connectivity index (χ2v) is 5.15. The third-order valence-electron chi connectivity index (χ3n) is 3.54. The van der Waals surface area contributed by atoms with E-state index in [-0.39, 0.29) is 23.5 Å². The van der Waals surface area contributed by atoms with E-state index >= 15 is 0 Å². The molecule has 1 atom stereocenters. The summed E-state index contributed by atoms with van der Waals surface area (Å²) in [4.78, 5) is 23.8. The number of hydrogen-bond acceptors (Lipinski definition) is 4. The molecule has 2 rings (SSSR count). The van der Waals surface area contributed by atoms with Gasteiger partial charge in [0.15, 0.2) is 5.78 Å². The molecule has 0 spiro atoms. The highest BCUT2D eigenvalue weighted by molar-refractivity contribution is 6.19. The van der Waals surface area contributed by atoms with Gasteiger partial charge in [-0.1, -0.05) is 6.92 Å². The maximum Gasteiger partial charge on any atom is 0.345 e. The van der Waals surface area contributed by atoms with Crippen molar-refractivity contribution in [1.82, 2.24) is 0 Å². The third kappa shape index (κ3) is 2.21. The molecular weight excluding hydrogens is 220 g/mol. The van der Waals surface area contributed by atoms with Gasteiger partial charge in [-0.3, -0.25) is 4.79 Å². The first-order chi connectivity index (χ1) is 7.98. The van der Waals surface area contributed by atoms with Gasteiger partial charge in [-0.05, 0) is 32.1 Å². The van der Waals surface area contributed by atoms with Crippen molar-refractivity contribution < 1.29 is 19.4 Å². The minimum Gasteiger partial charge on any atom is -0.511 e. The highest BCUT2D eigenvalue weighted by Crippen LogP contribution is 2.46. The first kappa shape index (κ1) is 12.1. The van der Waals surface area contributed by atoms with Crippen molar-refractivity contribution in [3.63, 3.8) is 0 Å². The topological polar surface area (TPSA) is 63.6 Å². The Kier molecular flexibility index (Phi) is 2.98. The van der Waals surface area contributed by atoms with E-state index in [4.69, 9.17) is 4.74 Å². The van der Waals surface area contributed by atoms with Crippen LogP contribution in [0.25, 0.3) is 0 Å². The van der Waals surface area contributed by atoms with Crippen LogP contribution in [0.15, 0.2) is 11.3 Å². The predicted molar refractivity (Wildman–Crippen MR) is 61.4 cm³/mol. The number of carbonyl (C=O) groups excluding carboxylic acids is 2. The van der Waals surface area contributed by atoms with E-state index < -0.39 is 11.6 Å². The molecule has 1 saturated carbocycles. The number of allylic oxidation sites excluding steroid dienone is 1. The van der Waals surface area contributed by atoms with Crippen molar-refractivity contribution in [2.75, 3.05) is 0 Å². The molecular formula is C13H18O4. The van der Waals surface area contributed by atoms with Gasteiger partial charge in [-0.15, -0.1) is 0 Å². The molecule has 1 unspecified atom stereocenters. The fourth-order valence-corrected chi connectivity index (χ4v) is 2.38. The molecule has 2 fully saturated rings. The van der Waals surface area contributed by atoms with Crippen molar-refractivity contribution in [2.45, 2.75) is 51.6 Å². The molecule has 1 saturated heterocycles. The zero-order chi connectivity index (χ0) is 12.6. The normalized spacial score (nSPS) is 32.4. The van der Waals surface area contributed by atoms with Gasteiger partial charge >= 0.3 is 5.97 Å². The quantitative estimate of drug-likeness (QED) is 0.354. The first-order valence-corrected chi connectivity index (χ1v) is 6.16. The lowest BCUT2D eigenvalue weighted by Crippen LogP contribution is -2.43. The molecule has 0 amide bonds. The monoisotopic (exact) mass is 238 g/mol. The van der Waals surface area contributed by atoms with Crippen LogP contribution in [0.3, 0.4) is 0 Å². The molecule has 1 aliphatic carbocycles. The number of hydrogen-bond donors (Lipinski definition) is 1. The molecule has 94 valence electrons. The number of carbonyl (C=O) groups is 2. The Bertz CT molecular complexity index is 370. The molecule has 2 aliphatic rings. The van der Waals surface area contributed by atoms with Gasteiger partial charge in [0.2, 0.25) is 0 Å². The van der Waals surface area contributed by atoms with Gasteiger partial charge in [0, 0.05) is 6.42 Å². The maximum absolute atomic E-state index is 12.0. The molecule has 17 heavy (non-hydrogen) atoms.